The molecule has 6 atom stereocenters. The molecule has 7 heteroatoms. The van der Waals surface area contributed by atoms with Crippen LogP contribution in [0.25, 0.3) is 11.1 Å². The number of rotatable bonds is 5. The van der Waals surface area contributed by atoms with Gasteiger partial charge < -0.3 is 24.6 Å². The molecule has 160 valence electrons. The molecule has 0 unspecified atom stereocenters. The molecule has 0 radical (unpaired) electrons. The number of nitrogens with zero attached hydrogens (tertiary/aromatic N) is 2. The maximum Gasteiger partial charge on any atom is 0.161 e. The van der Waals surface area contributed by atoms with Gasteiger partial charge in [-0.05, 0) is 23.6 Å². The van der Waals surface area contributed by atoms with Crippen molar-refractivity contribution >= 4 is 16.9 Å². The van der Waals surface area contributed by atoms with Crippen molar-refractivity contribution in [1.29, 1.82) is 0 Å². The Balaban J connectivity index is 1.36. The summed E-state index contributed by atoms with van der Waals surface area (Å²) in [5, 5.41) is 22.0. The smallest absolute Gasteiger partial charge is 0.161 e. The summed E-state index contributed by atoms with van der Waals surface area (Å²) in [6.45, 7) is 2.27. The molecule has 1 fully saturated rings. The molecule has 0 aliphatic carbocycles. The van der Waals surface area contributed by atoms with Crippen molar-refractivity contribution in [2.75, 3.05) is 14.1 Å². The SMILES string of the molecule is C[C@H](OCc1ccc(-c2ccccc2)cc1)[C@H]1O[C@@H]2SC(N(C)C)=N[C@@H]2[C@@H](O)[C@@H]1O. The van der Waals surface area contributed by atoms with E-state index in [4.69, 9.17) is 9.47 Å². The van der Waals surface area contributed by atoms with Crippen LogP contribution in [-0.4, -0.2) is 70.3 Å². The van der Waals surface area contributed by atoms with Crippen LogP contribution in [0, 0.1) is 0 Å². The second-order valence-corrected chi connectivity index (χ2v) is 9.01. The lowest BCUT2D eigenvalue weighted by Crippen LogP contribution is -2.58. The Morgan fingerprint density at radius 3 is 2.37 bits per heavy atom. The Morgan fingerprint density at radius 1 is 1.03 bits per heavy atom. The lowest BCUT2D eigenvalue weighted by molar-refractivity contribution is -0.193. The van der Waals surface area contributed by atoms with Gasteiger partial charge in [-0.25, -0.2) is 0 Å². The van der Waals surface area contributed by atoms with Gasteiger partial charge in [0.1, 0.15) is 29.8 Å². The van der Waals surface area contributed by atoms with E-state index in [9.17, 15) is 10.2 Å². The minimum Gasteiger partial charge on any atom is -0.388 e. The molecule has 2 aromatic carbocycles. The van der Waals surface area contributed by atoms with Crippen molar-refractivity contribution in [2.24, 2.45) is 4.99 Å². The lowest BCUT2D eigenvalue weighted by Gasteiger charge is -2.40. The number of thioether (sulfide) groups is 1. The second kappa shape index (κ2) is 9.08. The van der Waals surface area contributed by atoms with Gasteiger partial charge in [-0.3, -0.25) is 4.99 Å². The van der Waals surface area contributed by atoms with Crippen molar-refractivity contribution in [3.63, 3.8) is 0 Å². The Hall–Kier alpha value is -1.90. The van der Waals surface area contributed by atoms with Crippen molar-refractivity contribution in [3.8, 4) is 11.1 Å². The van der Waals surface area contributed by atoms with Gasteiger partial charge in [-0.1, -0.05) is 66.4 Å². The summed E-state index contributed by atoms with van der Waals surface area (Å²) in [5.74, 6) is 0. The number of ether oxygens (including phenoxy) is 2. The summed E-state index contributed by atoms with van der Waals surface area (Å²) in [4.78, 5) is 6.38. The van der Waals surface area contributed by atoms with Gasteiger partial charge >= 0.3 is 0 Å². The largest absolute Gasteiger partial charge is 0.388 e. The fraction of sp³-hybridized carbons (Fsp3) is 0.435. The van der Waals surface area contributed by atoms with Crippen LogP contribution in [0.15, 0.2) is 59.6 Å². The summed E-state index contributed by atoms with van der Waals surface area (Å²) >= 11 is 1.47. The normalized spacial score (nSPS) is 29.2. The van der Waals surface area contributed by atoms with Crippen LogP contribution in [-0.2, 0) is 16.1 Å². The van der Waals surface area contributed by atoms with Gasteiger partial charge in [0.05, 0.1) is 12.7 Å². The zero-order chi connectivity index (χ0) is 21.3. The number of benzene rings is 2. The average molecular weight is 429 g/mol. The van der Waals surface area contributed by atoms with Crippen LogP contribution in [0.5, 0.6) is 0 Å². The molecule has 1 saturated heterocycles. The zero-order valence-electron chi connectivity index (χ0n) is 17.4. The van der Waals surface area contributed by atoms with Crippen LogP contribution >= 0.6 is 11.8 Å². The molecule has 30 heavy (non-hydrogen) atoms. The molecule has 4 rings (SSSR count). The number of hydrogen-bond acceptors (Lipinski definition) is 7. The number of aliphatic hydroxyl groups is 2. The molecule has 2 aromatic rings. The van der Waals surface area contributed by atoms with Crippen LogP contribution in [0.2, 0.25) is 0 Å². The van der Waals surface area contributed by atoms with Crippen molar-refractivity contribution in [1.82, 2.24) is 4.90 Å². The van der Waals surface area contributed by atoms with E-state index >= 15 is 0 Å². The maximum absolute atomic E-state index is 10.6. The van der Waals surface area contributed by atoms with E-state index in [0.29, 0.717) is 6.61 Å². The molecule has 2 aliphatic heterocycles. The first-order chi connectivity index (χ1) is 14.4. The fourth-order valence-corrected chi connectivity index (χ4v) is 4.87. The minimum absolute atomic E-state index is 0.318. The number of aliphatic imine (C=N–C) groups is 1. The highest BCUT2D eigenvalue weighted by Crippen LogP contribution is 2.38. The predicted molar refractivity (Wildman–Crippen MR) is 119 cm³/mol. The molecular weight excluding hydrogens is 400 g/mol. The number of aliphatic hydroxyl groups excluding tert-OH is 2. The Bertz CT molecular complexity index is 875. The summed E-state index contributed by atoms with van der Waals surface area (Å²) in [6, 6.07) is 18.0. The Labute approximate surface area is 181 Å². The standard InChI is InChI=1S/C23H28N2O4S/c1-14(21-20(27)19(26)18-22(29-21)30-23(24-18)25(2)3)28-13-15-9-11-17(12-10-15)16-7-5-4-6-8-16/h4-12,14,18-22,26-27H,13H2,1-3H3/t14-,18+,19+,20-,21+,22+/m0/s1. The van der Waals surface area contributed by atoms with E-state index in [2.05, 4.69) is 29.3 Å². The first-order valence-corrected chi connectivity index (χ1v) is 11.0. The van der Waals surface area contributed by atoms with Gasteiger partial charge in [0.2, 0.25) is 0 Å². The average Bonchev–Trinajstić information content (AvgIpc) is 3.20. The lowest BCUT2D eigenvalue weighted by atomic mass is 9.95. The number of hydrogen-bond donors (Lipinski definition) is 2. The van der Waals surface area contributed by atoms with Crippen LogP contribution in [0.3, 0.4) is 0 Å². The maximum atomic E-state index is 10.6. The molecule has 0 saturated carbocycles. The van der Waals surface area contributed by atoms with Crippen molar-refractivity contribution in [3.05, 3.63) is 60.2 Å². The van der Waals surface area contributed by atoms with Crippen LogP contribution in [0.1, 0.15) is 12.5 Å². The van der Waals surface area contributed by atoms with E-state index in [-0.39, 0.29) is 11.5 Å². The Morgan fingerprint density at radius 2 is 1.70 bits per heavy atom. The van der Waals surface area contributed by atoms with E-state index in [1.54, 1.807) is 0 Å². The zero-order valence-corrected chi connectivity index (χ0v) is 18.2. The second-order valence-electron chi connectivity index (χ2n) is 7.94. The van der Waals surface area contributed by atoms with Crippen molar-refractivity contribution in [2.45, 2.75) is 49.4 Å². The first kappa shape index (κ1) is 21.3. The molecule has 0 aromatic heterocycles. The molecule has 6 nitrogen and oxygen atoms in total. The third-order valence-corrected chi connectivity index (χ3v) is 6.81. The minimum atomic E-state index is -1.05. The quantitative estimate of drug-likeness (QED) is 0.763. The monoisotopic (exact) mass is 428 g/mol. The van der Waals surface area contributed by atoms with Crippen LogP contribution < -0.4 is 0 Å². The highest BCUT2D eigenvalue weighted by atomic mass is 32.2. The van der Waals surface area contributed by atoms with Gasteiger partial charge in [0.15, 0.2) is 5.17 Å². The molecule has 2 aliphatic rings. The molecule has 0 spiro atoms. The summed E-state index contributed by atoms with van der Waals surface area (Å²) in [7, 11) is 3.80. The van der Waals surface area contributed by atoms with E-state index < -0.39 is 24.4 Å². The predicted octanol–water partition coefficient (Wildman–Crippen LogP) is 2.74. The molecule has 0 bridgehead atoms. The summed E-state index contributed by atoms with van der Waals surface area (Å²) in [5.41, 5.74) is 3.05. The molecule has 0 amide bonds. The number of fused-ring (bicyclic) bond motifs is 1. The van der Waals surface area contributed by atoms with Crippen LogP contribution in [0.4, 0.5) is 0 Å². The molecule has 2 N–H and O–H groups in total. The number of amidine groups is 1. The topological polar surface area (TPSA) is 74.5 Å². The van der Waals surface area contributed by atoms with Gasteiger partial charge in [0, 0.05) is 14.1 Å². The summed E-state index contributed by atoms with van der Waals surface area (Å²) < 4.78 is 12.1. The van der Waals surface area contributed by atoms with E-state index in [1.807, 2.05) is 56.3 Å². The van der Waals surface area contributed by atoms with Gasteiger partial charge in [0.25, 0.3) is 0 Å². The third-order valence-electron chi connectivity index (χ3n) is 5.51. The molecular formula is C23H28N2O4S. The van der Waals surface area contributed by atoms with E-state index in [0.717, 1.165) is 16.3 Å². The summed E-state index contributed by atoms with van der Waals surface area (Å²) in [6.07, 6.45) is -3.02. The van der Waals surface area contributed by atoms with E-state index in [1.165, 1.54) is 17.3 Å². The molecule has 2 heterocycles. The van der Waals surface area contributed by atoms with Gasteiger partial charge in [-0.15, -0.1) is 0 Å². The first-order valence-electron chi connectivity index (χ1n) is 10.1. The van der Waals surface area contributed by atoms with Gasteiger partial charge in [-0.2, -0.15) is 0 Å². The third kappa shape index (κ3) is 4.40. The van der Waals surface area contributed by atoms with Crippen molar-refractivity contribution < 1.29 is 19.7 Å². The Kier molecular flexibility index (Phi) is 6.46. The highest BCUT2D eigenvalue weighted by molar-refractivity contribution is 8.14. The highest BCUT2D eigenvalue weighted by Gasteiger charge is 2.50. The fourth-order valence-electron chi connectivity index (χ4n) is 3.73.